The fraction of sp³-hybridized carbons (Fsp3) is 0.250. The monoisotopic (exact) mass is 330 g/mol. The number of hydrogen-bond acceptors (Lipinski definition) is 4. The van der Waals surface area contributed by atoms with Gasteiger partial charge in [-0.15, -0.1) is 0 Å². The molecule has 0 fully saturated rings. The number of rotatable bonds is 5. The zero-order chi connectivity index (χ0) is 16.4. The van der Waals surface area contributed by atoms with Crippen molar-refractivity contribution in [2.75, 3.05) is 13.1 Å². The maximum atomic E-state index is 12.5. The van der Waals surface area contributed by atoms with Gasteiger partial charge in [-0.05, 0) is 18.2 Å². The lowest BCUT2D eigenvalue weighted by Crippen LogP contribution is -2.30. The first-order valence-electron chi connectivity index (χ1n) is 7.46. The molecule has 0 atom stereocenters. The third kappa shape index (κ3) is 2.85. The molecule has 0 amide bonds. The predicted molar refractivity (Wildman–Crippen MR) is 88.5 cm³/mol. The Morgan fingerprint density at radius 2 is 1.83 bits per heavy atom. The number of hydrogen-bond donors (Lipinski definition) is 0. The van der Waals surface area contributed by atoms with Crippen LogP contribution in [0.4, 0.5) is 0 Å². The summed E-state index contributed by atoms with van der Waals surface area (Å²) in [6, 6.07) is 8.63. The smallest absolute Gasteiger partial charge is 0.243 e. The fourth-order valence-electron chi connectivity index (χ4n) is 2.48. The molecule has 0 spiro atoms. The third-order valence-corrected chi connectivity index (χ3v) is 5.79. The Bertz CT molecular complexity index is 880. The summed E-state index contributed by atoms with van der Waals surface area (Å²) in [5.74, 6) is 0.613. The van der Waals surface area contributed by atoms with Crippen LogP contribution >= 0.6 is 0 Å². The average molecular weight is 330 g/mol. The summed E-state index contributed by atoms with van der Waals surface area (Å²) >= 11 is 0. The van der Waals surface area contributed by atoms with Gasteiger partial charge in [0, 0.05) is 37.2 Å². The Balaban J connectivity index is 1.96. The van der Waals surface area contributed by atoms with Crippen molar-refractivity contribution in [3.8, 4) is 11.3 Å². The van der Waals surface area contributed by atoms with E-state index in [0.717, 1.165) is 11.3 Å². The minimum absolute atomic E-state index is 0.298. The normalized spacial score (nSPS) is 12.1. The maximum Gasteiger partial charge on any atom is 0.243 e. The SMILES string of the molecule is CCN(CC)S(=O)(=O)c1ccc(-c2cn3cccnc3n2)cc1. The second-order valence-electron chi connectivity index (χ2n) is 5.07. The van der Waals surface area contributed by atoms with Crippen LogP contribution in [0.5, 0.6) is 0 Å². The van der Waals surface area contributed by atoms with Gasteiger partial charge in [-0.25, -0.2) is 18.4 Å². The van der Waals surface area contributed by atoms with Gasteiger partial charge in [-0.3, -0.25) is 4.40 Å². The molecule has 2 aromatic heterocycles. The van der Waals surface area contributed by atoms with Gasteiger partial charge >= 0.3 is 0 Å². The largest absolute Gasteiger partial charge is 0.291 e. The number of aromatic nitrogens is 3. The molecule has 1 aromatic carbocycles. The van der Waals surface area contributed by atoms with E-state index in [-0.39, 0.29) is 0 Å². The van der Waals surface area contributed by atoms with Crippen LogP contribution in [0.15, 0.2) is 53.8 Å². The van der Waals surface area contributed by atoms with Gasteiger partial charge in [-0.1, -0.05) is 26.0 Å². The van der Waals surface area contributed by atoms with Crippen molar-refractivity contribution < 1.29 is 8.42 Å². The molecular weight excluding hydrogens is 312 g/mol. The summed E-state index contributed by atoms with van der Waals surface area (Å²) < 4.78 is 28.2. The minimum Gasteiger partial charge on any atom is -0.291 e. The molecule has 0 aliphatic carbocycles. The van der Waals surface area contributed by atoms with Crippen LogP contribution in [0.2, 0.25) is 0 Å². The molecule has 0 aliphatic heterocycles. The van der Waals surface area contributed by atoms with E-state index in [1.165, 1.54) is 4.31 Å². The van der Waals surface area contributed by atoms with E-state index in [1.54, 1.807) is 30.5 Å². The van der Waals surface area contributed by atoms with E-state index < -0.39 is 10.0 Å². The van der Waals surface area contributed by atoms with Crippen molar-refractivity contribution >= 4 is 15.8 Å². The number of benzene rings is 1. The van der Waals surface area contributed by atoms with Crippen molar-refractivity contribution in [3.05, 3.63) is 48.9 Å². The predicted octanol–water partition coefficient (Wildman–Crippen LogP) is 2.43. The van der Waals surface area contributed by atoms with E-state index in [9.17, 15) is 8.42 Å². The van der Waals surface area contributed by atoms with Crippen molar-refractivity contribution in [1.29, 1.82) is 0 Å². The standard InChI is InChI=1S/C16H18N4O2S/c1-3-20(4-2)23(21,22)14-8-6-13(7-9-14)15-12-19-11-5-10-17-16(19)18-15/h5-12H,3-4H2,1-2H3. The van der Waals surface area contributed by atoms with Gasteiger partial charge < -0.3 is 0 Å². The molecule has 0 saturated heterocycles. The van der Waals surface area contributed by atoms with Crippen molar-refractivity contribution in [3.63, 3.8) is 0 Å². The van der Waals surface area contributed by atoms with E-state index in [2.05, 4.69) is 9.97 Å². The van der Waals surface area contributed by atoms with Crippen LogP contribution in [0.3, 0.4) is 0 Å². The molecule has 7 heteroatoms. The van der Waals surface area contributed by atoms with Gasteiger partial charge in [0.1, 0.15) is 0 Å². The van der Waals surface area contributed by atoms with Gasteiger partial charge in [0.2, 0.25) is 15.8 Å². The van der Waals surface area contributed by atoms with Crippen LogP contribution in [0.25, 0.3) is 17.0 Å². The first-order chi connectivity index (χ1) is 11.1. The summed E-state index contributed by atoms with van der Waals surface area (Å²) in [5.41, 5.74) is 1.62. The lowest BCUT2D eigenvalue weighted by Gasteiger charge is -2.18. The maximum absolute atomic E-state index is 12.5. The molecule has 0 N–H and O–H groups in total. The van der Waals surface area contributed by atoms with Crippen molar-refractivity contribution in [2.24, 2.45) is 0 Å². The minimum atomic E-state index is -3.43. The topological polar surface area (TPSA) is 67.6 Å². The first-order valence-corrected chi connectivity index (χ1v) is 8.90. The zero-order valence-electron chi connectivity index (χ0n) is 13.0. The highest BCUT2D eigenvalue weighted by Gasteiger charge is 2.21. The molecule has 0 unspecified atom stereocenters. The van der Waals surface area contributed by atoms with Crippen molar-refractivity contribution in [2.45, 2.75) is 18.7 Å². The molecule has 3 aromatic rings. The third-order valence-electron chi connectivity index (χ3n) is 3.73. The van der Waals surface area contributed by atoms with Gasteiger partial charge in [0.25, 0.3) is 0 Å². The Hall–Kier alpha value is -2.25. The van der Waals surface area contributed by atoms with Crippen LogP contribution < -0.4 is 0 Å². The number of nitrogens with zero attached hydrogens (tertiary/aromatic N) is 4. The van der Waals surface area contributed by atoms with E-state index >= 15 is 0 Å². The molecule has 3 rings (SSSR count). The Morgan fingerprint density at radius 3 is 2.43 bits per heavy atom. The molecule has 0 saturated carbocycles. The Labute approximate surface area is 135 Å². The summed E-state index contributed by atoms with van der Waals surface area (Å²) in [5, 5.41) is 0. The first kappa shape index (κ1) is 15.6. The van der Waals surface area contributed by atoms with Crippen LogP contribution in [0, 0.1) is 0 Å². The van der Waals surface area contributed by atoms with Crippen molar-refractivity contribution in [1.82, 2.24) is 18.7 Å². The van der Waals surface area contributed by atoms with Gasteiger partial charge in [0.15, 0.2) is 0 Å². The number of fused-ring (bicyclic) bond motifs is 1. The van der Waals surface area contributed by atoms with E-state index in [0.29, 0.717) is 23.8 Å². The fourth-order valence-corrected chi connectivity index (χ4v) is 3.94. The molecular formula is C16H18N4O2S. The zero-order valence-corrected chi connectivity index (χ0v) is 13.9. The summed E-state index contributed by atoms with van der Waals surface area (Å²) in [7, 11) is -3.43. The van der Waals surface area contributed by atoms with Gasteiger partial charge in [0.05, 0.1) is 10.6 Å². The lowest BCUT2D eigenvalue weighted by atomic mass is 10.2. The van der Waals surface area contributed by atoms with Crippen LogP contribution in [0.1, 0.15) is 13.8 Å². The van der Waals surface area contributed by atoms with Crippen LogP contribution in [-0.4, -0.2) is 40.2 Å². The second-order valence-corrected chi connectivity index (χ2v) is 7.00. The quantitative estimate of drug-likeness (QED) is 0.720. The second kappa shape index (κ2) is 6.10. The average Bonchev–Trinajstić information content (AvgIpc) is 3.00. The molecule has 0 radical (unpaired) electrons. The highest BCUT2D eigenvalue weighted by Crippen LogP contribution is 2.22. The highest BCUT2D eigenvalue weighted by atomic mass is 32.2. The number of sulfonamides is 1. The molecule has 23 heavy (non-hydrogen) atoms. The summed E-state index contributed by atoms with van der Waals surface area (Å²) in [4.78, 5) is 8.91. The highest BCUT2D eigenvalue weighted by molar-refractivity contribution is 7.89. The molecule has 120 valence electrons. The molecule has 0 aliphatic rings. The van der Waals surface area contributed by atoms with E-state index in [1.807, 2.05) is 36.7 Å². The molecule has 2 heterocycles. The lowest BCUT2D eigenvalue weighted by molar-refractivity contribution is 0.445. The Kier molecular flexibility index (Phi) is 4.14. The Morgan fingerprint density at radius 1 is 1.13 bits per heavy atom. The van der Waals surface area contributed by atoms with E-state index in [4.69, 9.17) is 0 Å². The summed E-state index contributed by atoms with van der Waals surface area (Å²) in [6.45, 7) is 4.58. The molecule has 6 nitrogen and oxygen atoms in total. The molecule has 0 bridgehead atoms. The van der Waals surface area contributed by atoms with Gasteiger partial charge in [-0.2, -0.15) is 4.31 Å². The number of imidazole rings is 1. The summed E-state index contributed by atoms with van der Waals surface area (Å²) in [6.07, 6.45) is 5.43. The van der Waals surface area contributed by atoms with Crippen LogP contribution in [-0.2, 0) is 10.0 Å².